The van der Waals surface area contributed by atoms with E-state index in [4.69, 9.17) is 10.5 Å². The minimum absolute atomic E-state index is 0.704. The lowest BCUT2D eigenvalue weighted by atomic mass is 10.2. The molecule has 0 saturated heterocycles. The Morgan fingerprint density at radius 1 is 1.12 bits per heavy atom. The monoisotopic (exact) mass is 292 g/mol. The first-order valence-corrected chi connectivity index (χ1v) is 5.94. The molecule has 0 aliphatic carbocycles. The van der Waals surface area contributed by atoms with Crippen molar-refractivity contribution in [2.75, 3.05) is 18.2 Å². The summed E-state index contributed by atoms with van der Waals surface area (Å²) in [7, 11) is 1.65. The normalized spacial score (nSPS) is 10.0. The van der Waals surface area contributed by atoms with E-state index in [1.807, 2.05) is 42.5 Å². The molecule has 17 heavy (non-hydrogen) atoms. The predicted octanol–water partition coefficient (Wildman–Crippen LogP) is 3.78. The summed E-state index contributed by atoms with van der Waals surface area (Å²) >= 11 is 3.38. The fourth-order valence-electron chi connectivity index (χ4n) is 1.48. The van der Waals surface area contributed by atoms with E-state index in [1.165, 1.54) is 0 Å². The van der Waals surface area contributed by atoms with Crippen molar-refractivity contribution in [2.45, 2.75) is 0 Å². The number of nitrogen functional groups attached to an aromatic ring is 1. The molecule has 0 bridgehead atoms. The molecule has 3 N–H and O–H groups in total. The van der Waals surface area contributed by atoms with Crippen LogP contribution >= 0.6 is 15.9 Å². The zero-order chi connectivity index (χ0) is 12.3. The molecule has 0 aliphatic rings. The smallest absolute Gasteiger partial charge is 0.119 e. The van der Waals surface area contributed by atoms with E-state index in [-0.39, 0.29) is 0 Å². The number of benzene rings is 2. The quantitative estimate of drug-likeness (QED) is 0.847. The van der Waals surface area contributed by atoms with Crippen molar-refractivity contribution in [3.8, 4) is 5.75 Å². The van der Waals surface area contributed by atoms with Crippen LogP contribution in [0.2, 0.25) is 0 Å². The maximum atomic E-state index is 5.91. The van der Waals surface area contributed by atoms with Crippen LogP contribution in [0.1, 0.15) is 0 Å². The minimum Gasteiger partial charge on any atom is -0.497 e. The third-order valence-corrected chi connectivity index (χ3v) is 2.88. The molecule has 2 aromatic rings. The first-order chi connectivity index (χ1) is 8.19. The largest absolute Gasteiger partial charge is 0.497 e. The van der Waals surface area contributed by atoms with Gasteiger partial charge in [-0.2, -0.15) is 0 Å². The first-order valence-electron chi connectivity index (χ1n) is 5.15. The number of nitrogens with two attached hydrogens (primary N) is 1. The highest BCUT2D eigenvalue weighted by Crippen LogP contribution is 2.27. The third-order valence-electron chi connectivity index (χ3n) is 2.38. The summed E-state index contributed by atoms with van der Waals surface area (Å²) in [5.41, 5.74) is 8.47. The summed E-state index contributed by atoms with van der Waals surface area (Å²) in [6.45, 7) is 0. The lowest BCUT2D eigenvalue weighted by Crippen LogP contribution is -1.96. The topological polar surface area (TPSA) is 47.3 Å². The van der Waals surface area contributed by atoms with Gasteiger partial charge in [-0.3, -0.25) is 0 Å². The molecular weight excluding hydrogens is 280 g/mol. The van der Waals surface area contributed by atoms with Crippen LogP contribution in [0.25, 0.3) is 0 Å². The molecule has 0 fully saturated rings. The van der Waals surface area contributed by atoms with Gasteiger partial charge < -0.3 is 15.8 Å². The molecule has 0 unspecified atom stereocenters. The Balaban J connectivity index is 2.19. The van der Waals surface area contributed by atoms with Gasteiger partial charge in [-0.05, 0) is 42.5 Å². The van der Waals surface area contributed by atoms with Crippen LogP contribution < -0.4 is 15.8 Å². The summed E-state index contributed by atoms with van der Waals surface area (Å²) in [5, 5.41) is 3.25. The van der Waals surface area contributed by atoms with Crippen molar-refractivity contribution in [3.63, 3.8) is 0 Å². The zero-order valence-electron chi connectivity index (χ0n) is 9.41. The maximum Gasteiger partial charge on any atom is 0.119 e. The number of ether oxygens (including phenoxy) is 1. The number of halogens is 1. The van der Waals surface area contributed by atoms with E-state index in [0.29, 0.717) is 5.69 Å². The van der Waals surface area contributed by atoms with E-state index in [2.05, 4.69) is 21.2 Å². The summed E-state index contributed by atoms with van der Waals surface area (Å²) in [6, 6.07) is 13.4. The number of nitrogens with one attached hydrogen (secondary N) is 1. The van der Waals surface area contributed by atoms with Crippen molar-refractivity contribution in [2.24, 2.45) is 0 Å². The second-order valence-corrected chi connectivity index (χ2v) is 4.50. The Bertz CT molecular complexity index is 511. The van der Waals surface area contributed by atoms with Crippen LogP contribution in [0.4, 0.5) is 17.1 Å². The van der Waals surface area contributed by atoms with E-state index in [9.17, 15) is 0 Å². The molecular formula is C13H13BrN2O. The van der Waals surface area contributed by atoms with Crippen LogP contribution in [0.3, 0.4) is 0 Å². The van der Waals surface area contributed by atoms with E-state index in [1.54, 1.807) is 7.11 Å². The molecule has 3 nitrogen and oxygen atoms in total. The molecule has 2 aromatic carbocycles. The summed E-state index contributed by atoms with van der Waals surface area (Å²) in [5.74, 6) is 0.833. The number of methoxy groups -OCH3 is 1. The molecule has 0 aliphatic heterocycles. The molecule has 0 heterocycles. The zero-order valence-corrected chi connectivity index (χ0v) is 11.0. The number of rotatable bonds is 3. The summed E-state index contributed by atoms with van der Waals surface area (Å²) in [4.78, 5) is 0. The number of anilines is 3. The van der Waals surface area contributed by atoms with Gasteiger partial charge in [0.25, 0.3) is 0 Å². The highest BCUT2D eigenvalue weighted by molar-refractivity contribution is 9.10. The molecule has 0 saturated carbocycles. The lowest BCUT2D eigenvalue weighted by molar-refractivity contribution is 0.415. The van der Waals surface area contributed by atoms with Crippen LogP contribution in [-0.4, -0.2) is 7.11 Å². The lowest BCUT2D eigenvalue weighted by Gasteiger charge is -2.10. The van der Waals surface area contributed by atoms with Crippen LogP contribution in [0.15, 0.2) is 46.9 Å². The van der Waals surface area contributed by atoms with Gasteiger partial charge in [0.1, 0.15) is 5.75 Å². The highest BCUT2D eigenvalue weighted by atomic mass is 79.9. The van der Waals surface area contributed by atoms with Gasteiger partial charge in [0, 0.05) is 10.2 Å². The first kappa shape index (κ1) is 11.8. The molecule has 0 aromatic heterocycles. The third kappa shape index (κ3) is 2.91. The van der Waals surface area contributed by atoms with Gasteiger partial charge in [-0.25, -0.2) is 0 Å². The van der Waals surface area contributed by atoms with Crippen molar-refractivity contribution < 1.29 is 4.74 Å². The van der Waals surface area contributed by atoms with E-state index >= 15 is 0 Å². The number of hydrogen-bond donors (Lipinski definition) is 2. The second kappa shape index (κ2) is 5.10. The van der Waals surface area contributed by atoms with Gasteiger partial charge in [0.2, 0.25) is 0 Å². The van der Waals surface area contributed by atoms with Crippen LogP contribution in [-0.2, 0) is 0 Å². The fraction of sp³-hybridized carbons (Fsp3) is 0.0769. The van der Waals surface area contributed by atoms with Crippen LogP contribution in [0.5, 0.6) is 5.75 Å². The number of hydrogen-bond acceptors (Lipinski definition) is 3. The van der Waals surface area contributed by atoms with Crippen molar-refractivity contribution in [3.05, 3.63) is 46.9 Å². The second-order valence-electron chi connectivity index (χ2n) is 3.59. The molecule has 88 valence electrons. The Morgan fingerprint density at radius 3 is 2.41 bits per heavy atom. The van der Waals surface area contributed by atoms with Gasteiger partial charge >= 0.3 is 0 Å². The fourth-order valence-corrected chi connectivity index (χ4v) is 1.86. The van der Waals surface area contributed by atoms with E-state index < -0.39 is 0 Å². The Hall–Kier alpha value is -1.68. The molecule has 0 spiro atoms. The van der Waals surface area contributed by atoms with Gasteiger partial charge in [0.15, 0.2) is 0 Å². The average molecular weight is 293 g/mol. The van der Waals surface area contributed by atoms with Crippen molar-refractivity contribution >= 4 is 33.0 Å². The summed E-state index contributed by atoms with van der Waals surface area (Å²) < 4.78 is 6.07. The van der Waals surface area contributed by atoms with Gasteiger partial charge in [-0.15, -0.1) is 0 Å². The highest BCUT2D eigenvalue weighted by Gasteiger charge is 2.00. The molecule has 0 radical (unpaired) electrons. The molecule has 4 heteroatoms. The summed E-state index contributed by atoms with van der Waals surface area (Å²) in [6.07, 6.45) is 0. The Morgan fingerprint density at radius 2 is 1.82 bits per heavy atom. The molecule has 0 amide bonds. The molecule has 0 atom stereocenters. The van der Waals surface area contributed by atoms with Crippen molar-refractivity contribution in [1.29, 1.82) is 0 Å². The SMILES string of the molecule is COc1ccc(Nc2ccc(Br)cc2N)cc1. The van der Waals surface area contributed by atoms with E-state index in [0.717, 1.165) is 21.6 Å². The maximum absolute atomic E-state index is 5.91. The predicted molar refractivity (Wildman–Crippen MR) is 74.8 cm³/mol. The van der Waals surface area contributed by atoms with Crippen molar-refractivity contribution in [1.82, 2.24) is 0 Å². The molecule has 2 rings (SSSR count). The van der Waals surface area contributed by atoms with Gasteiger partial charge in [0.05, 0.1) is 18.5 Å². The van der Waals surface area contributed by atoms with Crippen LogP contribution in [0, 0.1) is 0 Å². The Labute approximate surface area is 109 Å². The average Bonchev–Trinajstić information content (AvgIpc) is 2.34. The Kier molecular flexibility index (Phi) is 3.54. The van der Waals surface area contributed by atoms with Gasteiger partial charge in [-0.1, -0.05) is 15.9 Å². The minimum atomic E-state index is 0.704. The standard InChI is InChI=1S/C13H13BrN2O/c1-17-11-5-3-10(4-6-11)16-13-7-2-9(14)8-12(13)15/h2-8,16H,15H2,1H3.